The van der Waals surface area contributed by atoms with E-state index in [2.05, 4.69) is 32.6 Å². The van der Waals surface area contributed by atoms with Crippen LogP contribution in [-0.4, -0.2) is 34.6 Å². The Labute approximate surface area is 117 Å². The highest BCUT2D eigenvalue weighted by molar-refractivity contribution is 5.71. The normalized spacial score (nSPS) is 37.5. The molecule has 3 nitrogen and oxygen atoms in total. The molecule has 0 aromatic heterocycles. The molecule has 2 unspecified atom stereocenters. The maximum Gasteiger partial charge on any atom is 0.308 e. The van der Waals surface area contributed by atoms with Crippen molar-refractivity contribution in [2.45, 2.75) is 71.9 Å². The van der Waals surface area contributed by atoms with E-state index >= 15 is 0 Å². The Kier molecular flexibility index (Phi) is 4.24. The Morgan fingerprint density at radius 3 is 2.11 bits per heavy atom. The molecule has 1 aliphatic heterocycles. The van der Waals surface area contributed by atoms with Gasteiger partial charge in [-0.25, -0.2) is 0 Å². The van der Waals surface area contributed by atoms with Crippen molar-refractivity contribution < 1.29 is 9.90 Å². The number of likely N-dealkylation sites (tertiary alicyclic amines) is 1. The van der Waals surface area contributed by atoms with Crippen molar-refractivity contribution in [3.05, 3.63) is 0 Å². The van der Waals surface area contributed by atoms with Crippen LogP contribution in [0.2, 0.25) is 0 Å². The van der Waals surface area contributed by atoms with Crippen molar-refractivity contribution in [1.29, 1.82) is 0 Å². The lowest BCUT2D eigenvalue weighted by molar-refractivity contribution is -0.142. The molecule has 0 radical (unpaired) electrons. The van der Waals surface area contributed by atoms with E-state index in [-0.39, 0.29) is 12.0 Å². The smallest absolute Gasteiger partial charge is 0.308 e. The highest BCUT2D eigenvalue weighted by Gasteiger charge is 2.40. The number of hydrogen-bond donors (Lipinski definition) is 1. The minimum atomic E-state index is -0.613. The van der Waals surface area contributed by atoms with Crippen LogP contribution in [0.1, 0.15) is 59.8 Å². The van der Waals surface area contributed by atoms with Crippen LogP contribution in [0.15, 0.2) is 0 Å². The summed E-state index contributed by atoms with van der Waals surface area (Å²) in [6, 6.07) is 0.839. The van der Waals surface area contributed by atoms with E-state index in [1.165, 1.54) is 25.7 Å². The summed E-state index contributed by atoms with van der Waals surface area (Å²) in [4.78, 5) is 13.7. The maximum absolute atomic E-state index is 11.2. The van der Waals surface area contributed by atoms with Gasteiger partial charge in [-0.2, -0.15) is 0 Å². The zero-order valence-electron chi connectivity index (χ0n) is 12.9. The highest BCUT2D eigenvalue weighted by atomic mass is 16.4. The predicted molar refractivity (Wildman–Crippen MR) is 77.1 cm³/mol. The number of rotatable bonds is 2. The van der Waals surface area contributed by atoms with Gasteiger partial charge in [-0.15, -0.1) is 0 Å². The first kappa shape index (κ1) is 14.8. The van der Waals surface area contributed by atoms with E-state index in [0.717, 1.165) is 18.9 Å². The number of hydrogen-bond acceptors (Lipinski definition) is 2. The molecule has 2 atom stereocenters. The van der Waals surface area contributed by atoms with Crippen LogP contribution in [0.3, 0.4) is 0 Å². The van der Waals surface area contributed by atoms with Gasteiger partial charge < -0.3 is 5.11 Å². The summed E-state index contributed by atoms with van der Waals surface area (Å²) in [7, 11) is 0. The summed E-state index contributed by atoms with van der Waals surface area (Å²) >= 11 is 0. The van der Waals surface area contributed by atoms with Crippen molar-refractivity contribution in [3.8, 4) is 0 Å². The second-order valence-electron chi connectivity index (χ2n) is 7.58. The van der Waals surface area contributed by atoms with Crippen LogP contribution in [-0.2, 0) is 4.79 Å². The first-order valence-electron chi connectivity index (χ1n) is 7.79. The molecular weight excluding hydrogens is 238 g/mol. The Morgan fingerprint density at radius 1 is 1.11 bits per heavy atom. The molecule has 2 fully saturated rings. The minimum absolute atomic E-state index is 0.152. The highest BCUT2D eigenvalue weighted by Crippen LogP contribution is 2.40. The second-order valence-corrected chi connectivity index (χ2v) is 7.58. The van der Waals surface area contributed by atoms with Crippen molar-refractivity contribution in [1.82, 2.24) is 4.90 Å². The fourth-order valence-corrected chi connectivity index (χ4v) is 4.08. The fourth-order valence-electron chi connectivity index (χ4n) is 4.08. The third kappa shape index (κ3) is 3.13. The van der Waals surface area contributed by atoms with Gasteiger partial charge >= 0.3 is 5.97 Å². The van der Waals surface area contributed by atoms with Crippen molar-refractivity contribution in [2.75, 3.05) is 6.54 Å². The molecule has 2 aliphatic rings. The van der Waals surface area contributed by atoms with Gasteiger partial charge in [-0.1, -0.05) is 20.8 Å². The van der Waals surface area contributed by atoms with Crippen LogP contribution in [0, 0.1) is 17.3 Å². The molecule has 0 amide bonds. The van der Waals surface area contributed by atoms with E-state index in [4.69, 9.17) is 0 Å². The van der Waals surface area contributed by atoms with Gasteiger partial charge in [0.25, 0.3) is 0 Å². The van der Waals surface area contributed by atoms with E-state index in [1.807, 2.05) is 0 Å². The third-order valence-corrected chi connectivity index (χ3v) is 5.51. The standard InChI is InChI=1S/C16H29NO2/c1-11-14(15(18)19)9-10-17(11)13-7-5-12(6-8-13)16(2,3)4/h11-14H,5-10H2,1-4H3,(H,18,19). The molecule has 1 aliphatic carbocycles. The van der Waals surface area contributed by atoms with Crippen LogP contribution < -0.4 is 0 Å². The largest absolute Gasteiger partial charge is 0.481 e. The van der Waals surface area contributed by atoms with Crippen molar-refractivity contribution in [3.63, 3.8) is 0 Å². The summed E-state index contributed by atoms with van der Waals surface area (Å²) in [6.07, 6.45) is 5.93. The van der Waals surface area contributed by atoms with Gasteiger partial charge in [0, 0.05) is 12.1 Å². The predicted octanol–water partition coefficient (Wildman–Crippen LogP) is 3.39. The zero-order chi connectivity index (χ0) is 14.2. The first-order valence-corrected chi connectivity index (χ1v) is 7.79. The average molecular weight is 267 g/mol. The number of aliphatic carboxylic acids is 1. The maximum atomic E-state index is 11.2. The van der Waals surface area contributed by atoms with Crippen LogP contribution >= 0.6 is 0 Å². The summed E-state index contributed by atoms with van der Waals surface area (Å²) < 4.78 is 0. The SMILES string of the molecule is CC1C(C(=O)O)CCN1C1CCC(C(C)(C)C)CC1. The number of carbonyl (C=O) groups is 1. The molecule has 110 valence electrons. The first-order chi connectivity index (χ1) is 8.80. The van der Waals surface area contributed by atoms with Crippen LogP contribution in [0.25, 0.3) is 0 Å². The van der Waals surface area contributed by atoms with Crippen LogP contribution in [0.5, 0.6) is 0 Å². The quantitative estimate of drug-likeness (QED) is 0.833. The van der Waals surface area contributed by atoms with E-state index < -0.39 is 5.97 Å². The summed E-state index contributed by atoms with van der Waals surface area (Å²) in [6.45, 7) is 10.1. The zero-order valence-corrected chi connectivity index (χ0v) is 12.9. The lowest BCUT2D eigenvalue weighted by Crippen LogP contribution is -2.43. The van der Waals surface area contributed by atoms with Gasteiger partial charge in [-0.3, -0.25) is 9.69 Å². The van der Waals surface area contributed by atoms with E-state index in [1.54, 1.807) is 0 Å². The van der Waals surface area contributed by atoms with Gasteiger partial charge in [-0.05, 0) is 56.9 Å². The molecule has 0 aromatic rings. The minimum Gasteiger partial charge on any atom is -0.481 e. The molecule has 0 aromatic carbocycles. The molecule has 1 N–H and O–H groups in total. The lowest BCUT2D eigenvalue weighted by atomic mass is 9.71. The summed E-state index contributed by atoms with van der Waals surface area (Å²) in [5.74, 6) is 0.0654. The Balaban J connectivity index is 1.91. The molecule has 0 spiro atoms. The Hall–Kier alpha value is -0.570. The van der Waals surface area contributed by atoms with Gasteiger partial charge in [0.05, 0.1) is 5.92 Å². The average Bonchev–Trinajstić information content (AvgIpc) is 2.70. The Bertz CT molecular complexity index is 326. The van der Waals surface area contributed by atoms with Crippen molar-refractivity contribution in [2.24, 2.45) is 17.3 Å². The summed E-state index contributed by atoms with van der Waals surface area (Å²) in [5, 5.41) is 9.22. The topological polar surface area (TPSA) is 40.5 Å². The second kappa shape index (κ2) is 5.43. The number of carboxylic acids is 1. The van der Waals surface area contributed by atoms with Crippen molar-refractivity contribution >= 4 is 5.97 Å². The molecule has 3 heteroatoms. The molecule has 1 saturated carbocycles. The van der Waals surface area contributed by atoms with Gasteiger partial charge in [0.15, 0.2) is 0 Å². The fraction of sp³-hybridized carbons (Fsp3) is 0.938. The molecule has 0 bridgehead atoms. The van der Waals surface area contributed by atoms with Gasteiger partial charge in [0.1, 0.15) is 0 Å². The Morgan fingerprint density at radius 2 is 1.68 bits per heavy atom. The monoisotopic (exact) mass is 267 g/mol. The molecule has 19 heavy (non-hydrogen) atoms. The lowest BCUT2D eigenvalue weighted by Gasteiger charge is -2.41. The molecular formula is C16H29NO2. The van der Waals surface area contributed by atoms with Gasteiger partial charge in [0.2, 0.25) is 0 Å². The van der Waals surface area contributed by atoms with E-state index in [9.17, 15) is 9.90 Å². The molecule has 1 heterocycles. The number of nitrogens with zero attached hydrogens (tertiary/aromatic N) is 1. The van der Waals surface area contributed by atoms with E-state index in [0.29, 0.717) is 11.5 Å². The molecule has 2 rings (SSSR count). The third-order valence-electron chi connectivity index (χ3n) is 5.51. The molecule has 1 saturated heterocycles. The summed E-state index contributed by atoms with van der Waals surface area (Å²) in [5.41, 5.74) is 0.422. The number of carboxylic acid groups (broad SMARTS) is 1. The van der Waals surface area contributed by atoms with Crippen LogP contribution in [0.4, 0.5) is 0 Å².